The van der Waals surface area contributed by atoms with Gasteiger partial charge in [0.05, 0.1) is 6.10 Å². The average Bonchev–Trinajstić information content (AvgIpc) is 2.79. The van der Waals surface area contributed by atoms with Crippen LogP contribution in [0.15, 0.2) is 0 Å². The molecule has 0 aromatic carbocycles. The van der Waals surface area contributed by atoms with Gasteiger partial charge in [0.2, 0.25) is 0 Å². The van der Waals surface area contributed by atoms with Crippen molar-refractivity contribution in [2.24, 2.45) is 11.7 Å². The van der Waals surface area contributed by atoms with Crippen molar-refractivity contribution in [1.29, 1.82) is 0 Å². The van der Waals surface area contributed by atoms with Gasteiger partial charge < -0.3 is 10.5 Å². The van der Waals surface area contributed by atoms with Crippen molar-refractivity contribution < 1.29 is 4.74 Å². The molecule has 1 saturated carbocycles. The van der Waals surface area contributed by atoms with Gasteiger partial charge in [-0.2, -0.15) is 0 Å². The van der Waals surface area contributed by atoms with Crippen LogP contribution < -0.4 is 5.73 Å². The Hall–Kier alpha value is -0.120. The maximum Gasteiger partial charge on any atom is 0.0724 e. The first-order valence-corrected chi connectivity index (χ1v) is 6.70. The molecule has 2 unspecified atom stereocenters. The standard InChI is InChI=1S/C13H26N2O/c1-11-5-8-15(9-12(11)16-2)13(10-14)6-3-4-7-13/h11-12H,3-10,14H2,1-2H3. The lowest BCUT2D eigenvalue weighted by molar-refractivity contribution is -0.0430. The molecule has 2 fully saturated rings. The minimum atomic E-state index is 0.302. The zero-order chi connectivity index (χ0) is 11.6. The first kappa shape index (κ1) is 12.3. The summed E-state index contributed by atoms with van der Waals surface area (Å²) in [6, 6.07) is 0. The van der Waals surface area contributed by atoms with Crippen molar-refractivity contribution in [2.45, 2.75) is 50.7 Å². The highest BCUT2D eigenvalue weighted by Crippen LogP contribution is 2.37. The van der Waals surface area contributed by atoms with Crippen molar-refractivity contribution in [2.75, 3.05) is 26.7 Å². The second kappa shape index (κ2) is 5.03. The average molecular weight is 226 g/mol. The van der Waals surface area contributed by atoms with Gasteiger partial charge >= 0.3 is 0 Å². The fourth-order valence-electron chi connectivity index (χ4n) is 3.45. The molecule has 1 saturated heterocycles. The van der Waals surface area contributed by atoms with E-state index in [4.69, 9.17) is 10.5 Å². The van der Waals surface area contributed by atoms with Gasteiger partial charge in [-0.3, -0.25) is 4.90 Å². The summed E-state index contributed by atoms with van der Waals surface area (Å²) in [5.74, 6) is 0.692. The Bertz CT molecular complexity index is 226. The smallest absolute Gasteiger partial charge is 0.0724 e. The minimum Gasteiger partial charge on any atom is -0.380 e. The van der Waals surface area contributed by atoms with Gasteiger partial charge in [0.25, 0.3) is 0 Å². The van der Waals surface area contributed by atoms with Crippen LogP contribution in [0.5, 0.6) is 0 Å². The molecule has 16 heavy (non-hydrogen) atoms. The lowest BCUT2D eigenvalue weighted by Gasteiger charge is -2.46. The van der Waals surface area contributed by atoms with Crippen LogP contribution in [0.25, 0.3) is 0 Å². The molecular weight excluding hydrogens is 200 g/mol. The largest absolute Gasteiger partial charge is 0.380 e. The van der Waals surface area contributed by atoms with E-state index in [2.05, 4.69) is 11.8 Å². The Balaban J connectivity index is 2.03. The normalized spacial score (nSPS) is 35.4. The third-order valence-electron chi connectivity index (χ3n) is 4.78. The molecular formula is C13H26N2O. The molecule has 2 rings (SSSR count). The van der Waals surface area contributed by atoms with E-state index in [1.165, 1.54) is 38.6 Å². The molecule has 0 radical (unpaired) electrons. The van der Waals surface area contributed by atoms with Crippen LogP contribution in [0.1, 0.15) is 39.0 Å². The number of hydrogen-bond donors (Lipinski definition) is 1. The third kappa shape index (κ3) is 2.13. The summed E-state index contributed by atoms with van der Waals surface area (Å²) in [6.07, 6.45) is 6.92. The van der Waals surface area contributed by atoms with E-state index in [0.29, 0.717) is 17.6 Å². The maximum absolute atomic E-state index is 6.04. The monoisotopic (exact) mass is 226 g/mol. The zero-order valence-electron chi connectivity index (χ0n) is 10.7. The Morgan fingerprint density at radius 2 is 2.06 bits per heavy atom. The summed E-state index contributed by atoms with van der Waals surface area (Å²) in [5.41, 5.74) is 6.34. The Morgan fingerprint density at radius 1 is 1.38 bits per heavy atom. The van der Waals surface area contributed by atoms with Gasteiger partial charge in [0, 0.05) is 25.7 Å². The van der Waals surface area contributed by atoms with Gasteiger partial charge in [-0.15, -0.1) is 0 Å². The Labute approximate surface area is 99.3 Å². The molecule has 0 spiro atoms. The molecule has 0 aromatic heterocycles. The fraction of sp³-hybridized carbons (Fsp3) is 1.00. The third-order valence-corrected chi connectivity index (χ3v) is 4.78. The van der Waals surface area contributed by atoms with Crippen molar-refractivity contribution in [3.05, 3.63) is 0 Å². The lowest BCUT2D eigenvalue weighted by Crippen LogP contribution is -2.58. The van der Waals surface area contributed by atoms with E-state index < -0.39 is 0 Å². The van der Waals surface area contributed by atoms with E-state index in [0.717, 1.165) is 13.1 Å². The van der Waals surface area contributed by atoms with E-state index in [-0.39, 0.29) is 0 Å². The van der Waals surface area contributed by atoms with Crippen LogP contribution >= 0.6 is 0 Å². The molecule has 94 valence electrons. The molecule has 1 heterocycles. The highest BCUT2D eigenvalue weighted by atomic mass is 16.5. The number of ether oxygens (including phenoxy) is 1. The molecule has 3 nitrogen and oxygen atoms in total. The second-order valence-corrected chi connectivity index (χ2v) is 5.62. The SMILES string of the molecule is COC1CN(C2(CN)CCCC2)CCC1C. The van der Waals surface area contributed by atoms with Gasteiger partial charge in [0.15, 0.2) is 0 Å². The number of methoxy groups -OCH3 is 1. The first-order chi connectivity index (χ1) is 7.72. The van der Waals surface area contributed by atoms with Crippen LogP contribution in [0.2, 0.25) is 0 Å². The maximum atomic E-state index is 6.04. The van der Waals surface area contributed by atoms with E-state index in [1.807, 2.05) is 7.11 Å². The molecule has 2 N–H and O–H groups in total. The molecule has 0 aromatic rings. The van der Waals surface area contributed by atoms with Crippen LogP contribution in [0.3, 0.4) is 0 Å². The summed E-state index contributed by atoms with van der Waals surface area (Å²) in [7, 11) is 1.84. The summed E-state index contributed by atoms with van der Waals surface area (Å²) >= 11 is 0. The number of nitrogens with zero attached hydrogens (tertiary/aromatic N) is 1. The number of hydrogen-bond acceptors (Lipinski definition) is 3. The number of rotatable bonds is 3. The van der Waals surface area contributed by atoms with Gasteiger partial charge in [-0.05, 0) is 31.7 Å². The van der Waals surface area contributed by atoms with Crippen molar-refractivity contribution in [3.8, 4) is 0 Å². The first-order valence-electron chi connectivity index (χ1n) is 6.70. The van der Waals surface area contributed by atoms with E-state index >= 15 is 0 Å². The Kier molecular flexibility index (Phi) is 3.88. The quantitative estimate of drug-likeness (QED) is 0.794. The molecule has 2 aliphatic rings. The number of nitrogens with two attached hydrogens (primary N) is 1. The molecule has 2 atom stereocenters. The van der Waals surface area contributed by atoms with Crippen LogP contribution in [0.4, 0.5) is 0 Å². The number of likely N-dealkylation sites (tertiary alicyclic amines) is 1. The van der Waals surface area contributed by atoms with Crippen LogP contribution in [0, 0.1) is 5.92 Å². The summed E-state index contributed by atoms with van der Waals surface area (Å²) in [4.78, 5) is 2.62. The highest BCUT2D eigenvalue weighted by molar-refractivity contribution is 4.98. The molecule has 1 aliphatic heterocycles. The predicted octanol–water partition coefficient (Wildman–Crippen LogP) is 1.61. The molecule has 1 aliphatic carbocycles. The molecule has 0 bridgehead atoms. The zero-order valence-corrected chi connectivity index (χ0v) is 10.7. The van der Waals surface area contributed by atoms with E-state index in [1.54, 1.807) is 0 Å². The van der Waals surface area contributed by atoms with E-state index in [9.17, 15) is 0 Å². The summed E-state index contributed by atoms with van der Waals surface area (Å²) in [5, 5.41) is 0. The van der Waals surface area contributed by atoms with Crippen molar-refractivity contribution in [3.63, 3.8) is 0 Å². The van der Waals surface area contributed by atoms with Crippen LogP contribution in [-0.2, 0) is 4.74 Å². The predicted molar refractivity (Wildman–Crippen MR) is 66.4 cm³/mol. The Morgan fingerprint density at radius 3 is 2.62 bits per heavy atom. The van der Waals surface area contributed by atoms with Crippen molar-refractivity contribution >= 4 is 0 Å². The van der Waals surface area contributed by atoms with Gasteiger partial charge in [-0.1, -0.05) is 19.8 Å². The van der Waals surface area contributed by atoms with Gasteiger partial charge in [-0.25, -0.2) is 0 Å². The van der Waals surface area contributed by atoms with Crippen molar-refractivity contribution in [1.82, 2.24) is 4.90 Å². The topological polar surface area (TPSA) is 38.5 Å². The summed E-state index contributed by atoms with van der Waals surface area (Å²) in [6.45, 7) is 5.40. The highest BCUT2D eigenvalue weighted by Gasteiger charge is 2.41. The van der Waals surface area contributed by atoms with Crippen LogP contribution in [-0.4, -0.2) is 43.3 Å². The summed E-state index contributed by atoms with van der Waals surface area (Å²) < 4.78 is 5.60. The minimum absolute atomic E-state index is 0.302. The second-order valence-electron chi connectivity index (χ2n) is 5.62. The fourth-order valence-corrected chi connectivity index (χ4v) is 3.45. The number of piperidine rings is 1. The lowest BCUT2D eigenvalue weighted by atomic mass is 9.88. The molecule has 3 heteroatoms. The molecule has 0 amide bonds. The van der Waals surface area contributed by atoms with Gasteiger partial charge in [0.1, 0.15) is 0 Å².